The molecule has 0 spiro atoms. The number of hydrogen-bond donors (Lipinski definition) is 1. The van der Waals surface area contributed by atoms with Crippen molar-refractivity contribution in [3.8, 4) is 0 Å². The molecule has 0 radical (unpaired) electrons. The molecule has 1 aliphatic rings. The number of benzene rings is 1. The molecule has 0 aliphatic heterocycles. The zero-order valence-corrected chi connectivity index (χ0v) is 16.0. The number of hydrogen-bond acceptors (Lipinski definition) is 3. The van der Waals surface area contributed by atoms with E-state index in [1.54, 1.807) is 6.20 Å². The summed E-state index contributed by atoms with van der Waals surface area (Å²) >= 11 is 0. The minimum absolute atomic E-state index is 0.0590. The van der Waals surface area contributed by atoms with Crippen molar-refractivity contribution in [1.29, 1.82) is 0 Å². The van der Waals surface area contributed by atoms with E-state index in [1.165, 1.54) is 17.5 Å². The molecule has 5 nitrogen and oxygen atoms in total. The molecule has 1 aliphatic carbocycles. The third kappa shape index (κ3) is 4.14. The van der Waals surface area contributed by atoms with Crippen LogP contribution in [0.15, 0.2) is 24.4 Å². The van der Waals surface area contributed by atoms with Crippen LogP contribution in [0.2, 0.25) is 0 Å². The highest BCUT2D eigenvalue weighted by atomic mass is 16.2. The zero-order valence-electron chi connectivity index (χ0n) is 16.0. The molecule has 0 unspecified atom stereocenters. The average molecular weight is 355 g/mol. The molecule has 3 rings (SSSR count). The summed E-state index contributed by atoms with van der Waals surface area (Å²) in [4.78, 5) is 24.7. The Kier molecular flexibility index (Phi) is 5.74. The van der Waals surface area contributed by atoms with E-state index in [0.29, 0.717) is 31.1 Å². The van der Waals surface area contributed by atoms with E-state index in [9.17, 15) is 9.59 Å². The minimum Gasteiger partial charge on any atom is -0.353 e. The fourth-order valence-corrected chi connectivity index (χ4v) is 3.92. The number of nitrogens with zero attached hydrogens (tertiary/aromatic N) is 2. The van der Waals surface area contributed by atoms with Gasteiger partial charge >= 0.3 is 0 Å². The summed E-state index contributed by atoms with van der Waals surface area (Å²) in [5.74, 6) is 1.18. The fraction of sp³-hybridized carbons (Fsp3) is 0.571. The van der Waals surface area contributed by atoms with Gasteiger partial charge in [-0.15, -0.1) is 0 Å². The lowest BCUT2D eigenvalue weighted by Crippen LogP contribution is -2.43. The highest BCUT2D eigenvalue weighted by Crippen LogP contribution is 2.29. The minimum atomic E-state index is -0.0590. The summed E-state index contributed by atoms with van der Waals surface area (Å²) < 4.78 is 1.46. The van der Waals surface area contributed by atoms with Crippen LogP contribution in [0.5, 0.6) is 0 Å². The summed E-state index contributed by atoms with van der Waals surface area (Å²) in [5, 5.41) is 8.35. The number of fused-ring (bicyclic) bond motifs is 1. The molecule has 1 fully saturated rings. The third-order valence-corrected chi connectivity index (χ3v) is 5.81. The van der Waals surface area contributed by atoms with Gasteiger partial charge in [0.05, 0.1) is 11.7 Å². The SMILES string of the molecule is Cc1ccc2c(cnn2C(=O)CCCC(=O)N[C@@H]2CCC[C@@H](C)[C@@H]2C)c1. The monoisotopic (exact) mass is 355 g/mol. The molecule has 0 saturated heterocycles. The van der Waals surface area contributed by atoms with E-state index in [-0.39, 0.29) is 17.9 Å². The van der Waals surface area contributed by atoms with Crippen LogP contribution in [0, 0.1) is 18.8 Å². The summed E-state index contributed by atoms with van der Waals surface area (Å²) in [7, 11) is 0. The van der Waals surface area contributed by atoms with Crippen LogP contribution in [0.3, 0.4) is 0 Å². The second-order valence-corrected chi connectivity index (χ2v) is 7.81. The number of aromatic nitrogens is 2. The van der Waals surface area contributed by atoms with Crippen molar-refractivity contribution < 1.29 is 9.59 Å². The number of carbonyl (C=O) groups excluding carboxylic acids is 2. The quantitative estimate of drug-likeness (QED) is 0.878. The summed E-state index contributed by atoms with van der Waals surface area (Å²) in [6.45, 7) is 6.51. The van der Waals surface area contributed by atoms with Crippen molar-refractivity contribution in [2.75, 3.05) is 0 Å². The van der Waals surface area contributed by atoms with Gasteiger partial charge in [0.25, 0.3) is 0 Å². The smallest absolute Gasteiger partial charge is 0.247 e. The van der Waals surface area contributed by atoms with Crippen LogP contribution in [0.25, 0.3) is 10.9 Å². The molecule has 3 atom stereocenters. The van der Waals surface area contributed by atoms with E-state index in [4.69, 9.17) is 0 Å². The average Bonchev–Trinajstić information content (AvgIpc) is 3.02. The van der Waals surface area contributed by atoms with Gasteiger partial charge in [-0.25, -0.2) is 4.68 Å². The molecule has 1 saturated carbocycles. The van der Waals surface area contributed by atoms with Crippen molar-refractivity contribution in [2.24, 2.45) is 11.8 Å². The standard InChI is InChI=1S/C21H29N3O2/c1-14-10-11-19-17(12-14)13-22-24(19)21(26)9-5-8-20(25)23-18-7-4-6-15(2)16(18)3/h10-13,15-16,18H,4-9H2,1-3H3,(H,23,25)/t15-,16+,18-/m1/s1. The molecule has 140 valence electrons. The van der Waals surface area contributed by atoms with E-state index in [1.807, 2.05) is 25.1 Å². The maximum absolute atomic E-state index is 12.4. The number of aryl methyl sites for hydroxylation is 1. The van der Waals surface area contributed by atoms with Gasteiger partial charge in [0, 0.05) is 24.3 Å². The van der Waals surface area contributed by atoms with Gasteiger partial charge in [0.1, 0.15) is 0 Å². The molecule has 2 aromatic rings. The fourth-order valence-electron chi connectivity index (χ4n) is 3.92. The number of rotatable bonds is 5. The molecule has 26 heavy (non-hydrogen) atoms. The first-order chi connectivity index (χ1) is 12.5. The van der Waals surface area contributed by atoms with Crippen LogP contribution in [-0.2, 0) is 4.79 Å². The molecule has 1 amide bonds. The highest BCUT2D eigenvalue weighted by molar-refractivity contribution is 5.91. The highest BCUT2D eigenvalue weighted by Gasteiger charge is 2.27. The zero-order chi connectivity index (χ0) is 18.7. The van der Waals surface area contributed by atoms with Crippen molar-refractivity contribution in [3.63, 3.8) is 0 Å². The topological polar surface area (TPSA) is 64.0 Å². The van der Waals surface area contributed by atoms with E-state index < -0.39 is 0 Å². The lowest BCUT2D eigenvalue weighted by Gasteiger charge is -2.34. The van der Waals surface area contributed by atoms with Crippen molar-refractivity contribution in [3.05, 3.63) is 30.0 Å². The molecule has 5 heteroatoms. The first-order valence-electron chi connectivity index (χ1n) is 9.72. The second kappa shape index (κ2) is 8.02. The predicted molar refractivity (Wildman–Crippen MR) is 103 cm³/mol. The Bertz CT molecular complexity index is 796. The first-order valence-corrected chi connectivity index (χ1v) is 9.72. The van der Waals surface area contributed by atoms with Gasteiger partial charge in [-0.1, -0.05) is 38.3 Å². The Morgan fingerprint density at radius 1 is 1.23 bits per heavy atom. The van der Waals surface area contributed by atoms with E-state index >= 15 is 0 Å². The summed E-state index contributed by atoms with van der Waals surface area (Å²) in [5.41, 5.74) is 1.97. The van der Waals surface area contributed by atoms with Crippen LogP contribution in [0.1, 0.15) is 62.7 Å². The van der Waals surface area contributed by atoms with Crippen molar-refractivity contribution in [1.82, 2.24) is 15.1 Å². The lowest BCUT2D eigenvalue weighted by atomic mass is 9.78. The predicted octanol–water partition coefficient (Wildman–Crippen LogP) is 4.10. The summed E-state index contributed by atoms with van der Waals surface area (Å²) in [6, 6.07) is 6.20. The number of carbonyl (C=O) groups is 2. The number of amides is 1. The first kappa shape index (κ1) is 18.6. The Hall–Kier alpha value is -2.17. The van der Waals surface area contributed by atoms with Crippen LogP contribution in [0.4, 0.5) is 0 Å². The van der Waals surface area contributed by atoms with Crippen molar-refractivity contribution >= 4 is 22.7 Å². The molecular formula is C21H29N3O2. The van der Waals surface area contributed by atoms with E-state index in [0.717, 1.165) is 22.9 Å². The van der Waals surface area contributed by atoms with Gasteiger partial charge in [0.2, 0.25) is 11.8 Å². The molecule has 1 N–H and O–H groups in total. The van der Waals surface area contributed by atoms with Gasteiger partial charge in [-0.3, -0.25) is 9.59 Å². The number of nitrogens with one attached hydrogen (secondary N) is 1. The largest absolute Gasteiger partial charge is 0.353 e. The Morgan fingerprint density at radius 2 is 2.04 bits per heavy atom. The van der Waals surface area contributed by atoms with Gasteiger partial charge in [0.15, 0.2) is 0 Å². The molecule has 0 bridgehead atoms. The molecule has 1 aromatic heterocycles. The van der Waals surface area contributed by atoms with Gasteiger partial charge < -0.3 is 5.32 Å². The van der Waals surface area contributed by atoms with Crippen LogP contribution >= 0.6 is 0 Å². The molecule has 1 aromatic carbocycles. The van der Waals surface area contributed by atoms with Crippen LogP contribution in [-0.4, -0.2) is 27.6 Å². The molecule has 1 heterocycles. The normalized spacial score (nSPS) is 23.1. The molecular weight excluding hydrogens is 326 g/mol. The Labute approximate surface area is 155 Å². The maximum Gasteiger partial charge on any atom is 0.247 e. The maximum atomic E-state index is 12.4. The Morgan fingerprint density at radius 3 is 2.85 bits per heavy atom. The lowest BCUT2D eigenvalue weighted by molar-refractivity contribution is -0.122. The Balaban J connectivity index is 1.49. The van der Waals surface area contributed by atoms with Crippen LogP contribution < -0.4 is 5.32 Å². The second-order valence-electron chi connectivity index (χ2n) is 7.81. The van der Waals surface area contributed by atoms with Gasteiger partial charge in [-0.2, -0.15) is 5.10 Å². The van der Waals surface area contributed by atoms with E-state index in [2.05, 4.69) is 24.3 Å². The van der Waals surface area contributed by atoms with Crippen molar-refractivity contribution in [2.45, 2.75) is 65.3 Å². The van der Waals surface area contributed by atoms with Gasteiger partial charge in [-0.05, 0) is 43.7 Å². The summed E-state index contributed by atoms with van der Waals surface area (Å²) in [6.07, 6.45) is 6.48. The third-order valence-electron chi connectivity index (χ3n) is 5.81.